The van der Waals surface area contributed by atoms with Crippen molar-refractivity contribution in [3.05, 3.63) is 112 Å². The summed E-state index contributed by atoms with van der Waals surface area (Å²) >= 11 is 18.8. The van der Waals surface area contributed by atoms with Crippen LogP contribution in [0.2, 0.25) is 15.1 Å². The van der Waals surface area contributed by atoms with E-state index in [1.54, 1.807) is 32.0 Å². The number of benzene rings is 3. The van der Waals surface area contributed by atoms with Gasteiger partial charge in [0.15, 0.2) is 0 Å². The van der Waals surface area contributed by atoms with Crippen LogP contribution in [0.1, 0.15) is 33.7 Å². The Morgan fingerprint density at radius 2 is 1.19 bits per heavy atom. The van der Waals surface area contributed by atoms with Gasteiger partial charge in [0.1, 0.15) is 22.7 Å². The Morgan fingerprint density at radius 1 is 0.722 bits per heavy atom. The molecule has 0 aliphatic carbocycles. The lowest BCUT2D eigenvalue weighted by Gasteiger charge is -2.20. The number of hydrogen-bond acceptors (Lipinski definition) is 6. The van der Waals surface area contributed by atoms with Crippen molar-refractivity contribution in [1.82, 2.24) is 0 Å². The molecule has 6 nitrogen and oxygen atoms in total. The lowest BCUT2D eigenvalue weighted by molar-refractivity contribution is 0.441. The molecule has 0 aliphatic rings. The van der Waals surface area contributed by atoms with Crippen LogP contribution >= 0.6 is 34.8 Å². The lowest BCUT2D eigenvalue weighted by Crippen LogP contribution is -2.21. The second-order valence-electron chi connectivity index (χ2n) is 8.49. The fraction of sp³-hybridized carbons (Fsp3) is 0.111. The summed E-state index contributed by atoms with van der Waals surface area (Å²) in [6, 6.07) is 12.3. The first kappa shape index (κ1) is 24.3. The van der Waals surface area contributed by atoms with E-state index in [4.69, 9.17) is 43.6 Å². The van der Waals surface area contributed by atoms with Gasteiger partial charge in [-0.25, -0.2) is 9.59 Å². The molecule has 9 heteroatoms. The van der Waals surface area contributed by atoms with Gasteiger partial charge < -0.3 is 19.0 Å². The van der Waals surface area contributed by atoms with Gasteiger partial charge in [-0.1, -0.05) is 46.9 Å². The Morgan fingerprint density at radius 3 is 1.64 bits per heavy atom. The molecule has 0 bridgehead atoms. The second kappa shape index (κ2) is 8.89. The summed E-state index contributed by atoms with van der Waals surface area (Å²) in [5, 5.41) is 23.9. The highest BCUT2D eigenvalue weighted by Gasteiger charge is 2.33. The van der Waals surface area contributed by atoms with Gasteiger partial charge in [0.25, 0.3) is 0 Å². The number of hydrogen-bond donors (Lipinski definition) is 2. The minimum atomic E-state index is -1.30. The molecule has 0 fully saturated rings. The lowest BCUT2D eigenvalue weighted by atomic mass is 9.84. The highest BCUT2D eigenvalue weighted by atomic mass is 35.5. The van der Waals surface area contributed by atoms with Crippen LogP contribution in [0.5, 0.6) is 11.5 Å². The minimum absolute atomic E-state index is 0.116. The predicted octanol–water partition coefficient (Wildman–Crippen LogP) is 7.07. The van der Waals surface area contributed by atoms with Crippen molar-refractivity contribution in [2.24, 2.45) is 0 Å². The van der Waals surface area contributed by atoms with Crippen LogP contribution in [0.4, 0.5) is 0 Å². The van der Waals surface area contributed by atoms with Gasteiger partial charge in [-0.15, -0.1) is 0 Å². The second-order valence-corrected chi connectivity index (χ2v) is 9.74. The van der Waals surface area contributed by atoms with E-state index in [9.17, 15) is 19.8 Å². The van der Waals surface area contributed by atoms with E-state index in [-0.39, 0.29) is 33.1 Å². The van der Waals surface area contributed by atoms with Crippen LogP contribution < -0.4 is 11.3 Å². The average Bonchev–Trinajstić information content (AvgIpc) is 2.81. The number of rotatable bonds is 3. The molecule has 182 valence electrons. The quantitative estimate of drug-likeness (QED) is 0.236. The van der Waals surface area contributed by atoms with Crippen LogP contribution in [-0.2, 0) is 0 Å². The van der Waals surface area contributed by atoms with Gasteiger partial charge in [0.2, 0.25) is 0 Å². The topological polar surface area (TPSA) is 101 Å². The Hall–Kier alpha value is -3.45. The van der Waals surface area contributed by atoms with E-state index in [2.05, 4.69) is 0 Å². The van der Waals surface area contributed by atoms with Gasteiger partial charge in [-0.3, -0.25) is 0 Å². The summed E-state index contributed by atoms with van der Waals surface area (Å²) in [6.45, 7) is 3.46. The highest BCUT2D eigenvalue weighted by Crippen LogP contribution is 2.43. The fourth-order valence-electron chi connectivity index (χ4n) is 4.32. The molecule has 0 amide bonds. The Labute approximate surface area is 218 Å². The van der Waals surface area contributed by atoms with Crippen molar-refractivity contribution in [3.63, 3.8) is 0 Å². The average molecular weight is 544 g/mol. The van der Waals surface area contributed by atoms with Crippen molar-refractivity contribution in [2.45, 2.75) is 19.8 Å². The third kappa shape index (κ3) is 3.91. The highest BCUT2D eigenvalue weighted by molar-refractivity contribution is 6.32. The SMILES string of the molecule is Cc1cc2oc(=O)c(C(c3cccc(Cl)c3)c3c(O)c4cc(Cl)c(C)cc4oc3=O)c(O)c2cc1Cl. The molecule has 36 heavy (non-hydrogen) atoms. The molecule has 0 saturated carbocycles. The summed E-state index contributed by atoms with van der Waals surface area (Å²) in [4.78, 5) is 26.6. The monoisotopic (exact) mass is 542 g/mol. The van der Waals surface area contributed by atoms with Crippen molar-refractivity contribution < 1.29 is 19.0 Å². The molecular weight excluding hydrogens is 527 g/mol. The molecule has 0 spiro atoms. The zero-order chi connectivity index (χ0) is 25.9. The van der Waals surface area contributed by atoms with Crippen molar-refractivity contribution in [3.8, 4) is 11.5 Å². The van der Waals surface area contributed by atoms with Gasteiger partial charge in [-0.05, 0) is 66.9 Å². The zero-order valence-electron chi connectivity index (χ0n) is 18.9. The largest absolute Gasteiger partial charge is 0.507 e. The van der Waals surface area contributed by atoms with Crippen LogP contribution in [0.25, 0.3) is 21.9 Å². The summed E-state index contributed by atoms with van der Waals surface area (Å²) in [6.07, 6.45) is 0. The van der Waals surface area contributed by atoms with E-state index in [0.29, 0.717) is 31.8 Å². The van der Waals surface area contributed by atoms with E-state index in [1.165, 1.54) is 30.3 Å². The summed E-state index contributed by atoms with van der Waals surface area (Å²) in [5.41, 5.74) is -0.538. The number of aromatic hydroxyl groups is 2. The molecular formula is C27H17Cl3O6. The first-order valence-corrected chi connectivity index (χ1v) is 11.9. The molecule has 0 radical (unpaired) electrons. The molecule has 0 saturated heterocycles. The van der Waals surface area contributed by atoms with Gasteiger partial charge >= 0.3 is 11.3 Å². The molecule has 3 aromatic carbocycles. The molecule has 0 unspecified atom stereocenters. The van der Waals surface area contributed by atoms with Gasteiger partial charge in [-0.2, -0.15) is 0 Å². The maximum atomic E-state index is 13.3. The smallest absolute Gasteiger partial charge is 0.344 e. The normalized spacial score (nSPS) is 11.6. The first-order chi connectivity index (χ1) is 17.1. The number of aryl methyl sites for hydroxylation is 2. The fourth-order valence-corrected chi connectivity index (χ4v) is 4.84. The van der Waals surface area contributed by atoms with Crippen molar-refractivity contribution in [2.75, 3.05) is 0 Å². The molecule has 2 aromatic heterocycles. The third-order valence-corrected chi connectivity index (χ3v) is 7.20. The molecule has 0 aliphatic heterocycles. The van der Waals surface area contributed by atoms with Crippen LogP contribution in [0.15, 0.2) is 67.0 Å². The van der Waals surface area contributed by atoms with E-state index in [1.807, 2.05) is 0 Å². The summed E-state index contributed by atoms with van der Waals surface area (Å²) in [7, 11) is 0. The number of fused-ring (bicyclic) bond motifs is 2. The van der Waals surface area contributed by atoms with Crippen LogP contribution in [-0.4, -0.2) is 10.2 Å². The van der Waals surface area contributed by atoms with Crippen LogP contribution in [0.3, 0.4) is 0 Å². The van der Waals surface area contributed by atoms with Crippen molar-refractivity contribution >= 4 is 56.7 Å². The van der Waals surface area contributed by atoms with E-state index in [0.717, 1.165) is 0 Å². The predicted molar refractivity (Wildman–Crippen MR) is 140 cm³/mol. The van der Waals surface area contributed by atoms with E-state index < -0.39 is 28.7 Å². The molecule has 0 atom stereocenters. The third-order valence-electron chi connectivity index (χ3n) is 6.15. The molecule has 5 aromatic rings. The zero-order valence-corrected chi connectivity index (χ0v) is 21.1. The molecule has 2 N–H and O–H groups in total. The molecule has 2 heterocycles. The minimum Gasteiger partial charge on any atom is -0.507 e. The molecule has 5 rings (SSSR count). The number of halogens is 3. The summed E-state index contributed by atoms with van der Waals surface area (Å²) in [5.74, 6) is -2.20. The first-order valence-electron chi connectivity index (χ1n) is 10.7. The maximum absolute atomic E-state index is 13.3. The maximum Gasteiger partial charge on any atom is 0.344 e. The van der Waals surface area contributed by atoms with Crippen molar-refractivity contribution in [1.29, 1.82) is 0 Å². The van der Waals surface area contributed by atoms with Gasteiger partial charge in [0.05, 0.1) is 27.8 Å². The van der Waals surface area contributed by atoms with Gasteiger partial charge in [0, 0.05) is 15.1 Å². The Kier molecular flexibility index (Phi) is 5.99. The standard InChI is InChI=1S/C27H17Cl3O6/c1-11-6-19-15(9-17(11)29)24(31)22(26(33)35-19)21(13-4-3-5-14(28)8-13)23-25(32)16-10-18(30)12(2)7-20(16)36-27(23)34/h3-10,21,31-32H,1-2H3. The van der Waals surface area contributed by atoms with E-state index >= 15 is 0 Å². The summed E-state index contributed by atoms with van der Waals surface area (Å²) < 4.78 is 11.0. The van der Waals surface area contributed by atoms with Crippen LogP contribution in [0, 0.1) is 13.8 Å². The Balaban J connectivity index is 1.92. The Bertz CT molecular complexity index is 1710.